The Kier molecular flexibility index (Phi) is 4.39. The number of anilines is 2. The van der Waals surface area contributed by atoms with E-state index in [4.69, 9.17) is 9.98 Å². The van der Waals surface area contributed by atoms with Crippen LogP contribution in [-0.4, -0.2) is 40.6 Å². The molecule has 96 heavy (non-hydrogen) atoms. The second-order valence-electron chi connectivity index (χ2n) is 34.8. The zero-order valence-electron chi connectivity index (χ0n) is 52.1. The van der Waals surface area contributed by atoms with E-state index in [2.05, 4.69) is 123 Å². The molecule has 4 spiro atoms. The predicted octanol–water partition coefficient (Wildman–Crippen LogP) is 22.1. The molecule has 2 saturated carbocycles. The maximum absolute atomic E-state index is 6.20. The molecule has 12 bridgehead atoms. The van der Waals surface area contributed by atoms with Crippen LogP contribution < -0.4 is 9.80 Å². The Balaban J connectivity index is 0.901. The van der Waals surface area contributed by atoms with Crippen LogP contribution in [0.25, 0.3) is 259 Å². The fourth-order valence-electron chi connectivity index (χ4n) is 32.4. The van der Waals surface area contributed by atoms with Crippen LogP contribution in [0.15, 0.2) is 82.8 Å². The van der Waals surface area contributed by atoms with Gasteiger partial charge in [-0.1, -0.05) is 24.3 Å². The summed E-state index contributed by atoms with van der Waals surface area (Å²) in [6, 6.07) is 28.8. The van der Waals surface area contributed by atoms with Crippen molar-refractivity contribution in [1.29, 1.82) is 0 Å². The van der Waals surface area contributed by atoms with E-state index in [-0.39, 0.29) is 16.2 Å². The lowest BCUT2D eigenvalue weighted by Gasteiger charge is -2.34. The number of benzene rings is 19. The minimum atomic E-state index is -0.394. The van der Waals surface area contributed by atoms with Gasteiger partial charge in [-0.15, -0.1) is 0 Å². The normalized spacial score (nSPS) is 27.3. The first-order valence-electron chi connectivity index (χ1n) is 36.2. The van der Waals surface area contributed by atoms with Crippen molar-refractivity contribution in [3.8, 4) is 11.1 Å². The van der Waals surface area contributed by atoms with Gasteiger partial charge in [0, 0.05) is 84.5 Å². The maximum atomic E-state index is 6.20. The summed E-state index contributed by atoms with van der Waals surface area (Å²) >= 11 is 0. The van der Waals surface area contributed by atoms with Crippen LogP contribution >= 0.6 is 0 Å². The fourth-order valence-corrected chi connectivity index (χ4v) is 32.4. The van der Waals surface area contributed by atoms with Crippen LogP contribution in [-0.2, 0) is 34.5 Å². The molecule has 3 unspecified atom stereocenters. The molecule has 0 aromatic heterocycles. The van der Waals surface area contributed by atoms with E-state index >= 15 is 0 Å². The van der Waals surface area contributed by atoms with Gasteiger partial charge in [0.05, 0.1) is 11.4 Å². The Morgan fingerprint density at radius 3 is 0.688 bits per heavy atom. The van der Waals surface area contributed by atoms with Gasteiger partial charge in [0.1, 0.15) is 0 Å². The second-order valence-corrected chi connectivity index (χ2v) is 34.8. The van der Waals surface area contributed by atoms with Crippen LogP contribution in [0.4, 0.5) is 22.7 Å². The predicted molar refractivity (Wildman–Crippen MR) is 401 cm³/mol. The summed E-state index contributed by atoms with van der Waals surface area (Å²) in [5, 5.41) is 76.7. The summed E-state index contributed by atoms with van der Waals surface area (Å²) in [5.74, 6) is 0. The Morgan fingerprint density at radius 2 is 0.448 bits per heavy atom. The van der Waals surface area contributed by atoms with Gasteiger partial charge in [-0.05, 0) is 402 Å². The number of rotatable bonds is 6. The van der Waals surface area contributed by atoms with Crippen molar-refractivity contribution in [1.82, 2.24) is 0 Å². The topological polar surface area (TPSA) is 31.2 Å². The minimum absolute atomic E-state index is 0.380. The monoisotopic (exact) mass is 1200 g/mol. The molecule has 14 aliphatic rings. The molecular formula is C92H38N4. The van der Waals surface area contributed by atoms with E-state index in [1.165, 1.54) is 22.5 Å². The SMILES string of the molecule is CN(C)c1ccc(N=CC23CCCc4ccc(cc4)CCCC4(C=Nc5ccc(N(C)C)cc5)C56c7c8c9c%10c%11c%12c%13c%14c%15c%16c%17c(c-8c5c5c8c%18c%19c%20c(c%21c7c%10c7c%21c%10c%20c%20c%21c%19c%19c8c(c5%17)c5c%16c8c%14c%14c%13c%13c%11c7c7c%10c%20c%10c(c%137)c%14c7c8c5c%19c%21c7%10)C%1846)C%152C9%123)cc1. The average molecular weight is 1200 g/mol. The van der Waals surface area contributed by atoms with Crippen LogP contribution in [0.3, 0.4) is 0 Å². The lowest BCUT2D eigenvalue weighted by Crippen LogP contribution is -2.28. The number of aliphatic imine (C=N–C) groups is 2. The first-order valence-corrected chi connectivity index (χ1v) is 36.2. The Hall–Kier alpha value is -10.7. The van der Waals surface area contributed by atoms with Crippen molar-refractivity contribution in [2.45, 2.75) is 60.2 Å². The van der Waals surface area contributed by atoms with E-state index in [9.17, 15) is 0 Å². The van der Waals surface area contributed by atoms with Gasteiger partial charge in [0.15, 0.2) is 0 Å². The third kappa shape index (κ3) is 2.54. The van der Waals surface area contributed by atoms with Gasteiger partial charge >= 0.3 is 0 Å². The molecule has 0 amide bonds. The van der Waals surface area contributed by atoms with Crippen molar-refractivity contribution in [3.63, 3.8) is 0 Å². The van der Waals surface area contributed by atoms with Gasteiger partial charge in [-0.25, -0.2) is 0 Å². The molecular weight excluding hydrogens is 1160 g/mol. The number of nitrogens with zero attached hydrogens (tertiary/aromatic N) is 4. The molecule has 4 nitrogen and oxygen atoms in total. The van der Waals surface area contributed by atoms with Gasteiger partial charge in [0.2, 0.25) is 0 Å². The van der Waals surface area contributed by atoms with Gasteiger partial charge in [0.25, 0.3) is 0 Å². The van der Waals surface area contributed by atoms with Crippen LogP contribution in [0.2, 0.25) is 0 Å². The van der Waals surface area contributed by atoms with Gasteiger partial charge < -0.3 is 9.80 Å². The lowest BCUT2D eigenvalue weighted by atomic mass is 9.66. The Bertz CT molecular complexity index is 8430. The van der Waals surface area contributed by atoms with Crippen LogP contribution in [0.1, 0.15) is 81.3 Å². The summed E-state index contributed by atoms with van der Waals surface area (Å²) in [5.41, 5.74) is 22.8. The molecule has 0 aliphatic heterocycles. The van der Waals surface area contributed by atoms with E-state index in [1.54, 1.807) is 303 Å². The third-order valence-electron chi connectivity index (χ3n) is 33.4. The first kappa shape index (κ1) is 41.2. The van der Waals surface area contributed by atoms with Crippen molar-refractivity contribution in [2.24, 2.45) is 20.8 Å². The minimum Gasteiger partial charge on any atom is -0.378 e. The highest BCUT2D eigenvalue weighted by Crippen LogP contribution is 3.02. The number of hydrogen-bond donors (Lipinski definition) is 0. The summed E-state index contributed by atoms with van der Waals surface area (Å²) < 4.78 is 0. The van der Waals surface area contributed by atoms with Gasteiger partial charge in [-0.2, -0.15) is 0 Å². The van der Waals surface area contributed by atoms with Crippen LogP contribution in [0, 0.1) is 10.8 Å². The number of aryl methyl sites for hydroxylation is 2. The smallest absolute Gasteiger partial charge is 0.0627 e. The second kappa shape index (κ2) is 10.2. The zero-order valence-corrected chi connectivity index (χ0v) is 52.1. The third-order valence-corrected chi connectivity index (χ3v) is 33.4. The largest absolute Gasteiger partial charge is 0.378 e. The lowest BCUT2D eigenvalue weighted by molar-refractivity contribution is 0.519. The molecule has 426 valence electrons. The van der Waals surface area contributed by atoms with E-state index < -0.39 is 16.2 Å². The molecule has 0 heterocycles. The molecule has 14 aliphatic carbocycles. The van der Waals surface area contributed by atoms with Gasteiger partial charge in [-0.3, -0.25) is 9.98 Å². The average Bonchev–Trinajstić information content (AvgIpc) is 1.34. The fraction of sp³-hybridized carbons (Fsp3) is 0.174. The standard InChI is InChI=1S/C92H38N4/c1-95(2)29-17-13-27(14-18-29)93-23-87-21-5-7-25-9-11-26(12-10-25)8-6-22-88(24-94-28-15-19-30(20-16-28)96(3)4)90-81-67-59-48-40-33-31-32-34-39(33)52(59)60-49-41(34)38-43-36(32)45-44-35(31)42-37(40)46-53-61-50(42)55(44)65-66-56(45)51(43)62-54-47(38)58(49)70-74-64(54)76-72(62)80(66)89(87)79(65)71(61)75-63(53)73(69(81)57(46)48)83(90)77-78(86(76)92(87,89)85(75)77)84(74)91(88,90)82(70)68(60)67/h9-20,23-24H,5-8,21-22H2,1-4H3. The van der Waals surface area contributed by atoms with E-state index in [1.807, 2.05) is 0 Å². The summed E-state index contributed by atoms with van der Waals surface area (Å²) in [6.07, 6.45) is 12.0. The molecule has 27 aromatic rings. The van der Waals surface area contributed by atoms with Crippen molar-refractivity contribution >= 4 is 283 Å². The Morgan fingerprint density at radius 1 is 0.250 bits per heavy atom. The first-order chi connectivity index (χ1) is 47.4. The molecule has 0 saturated heterocycles. The van der Waals surface area contributed by atoms with Crippen molar-refractivity contribution in [2.75, 3.05) is 38.0 Å². The molecule has 4 heteroatoms. The summed E-state index contributed by atoms with van der Waals surface area (Å²) in [4.78, 5) is 16.9. The Labute approximate surface area is 538 Å². The molecule has 2 fully saturated rings. The highest BCUT2D eigenvalue weighted by molar-refractivity contribution is 6.79. The van der Waals surface area contributed by atoms with Crippen molar-refractivity contribution in [3.05, 3.63) is 128 Å². The number of hydrogen-bond acceptors (Lipinski definition) is 4. The van der Waals surface area contributed by atoms with Crippen molar-refractivity contribution < 1.29 is 0 Å². The molecule has 0 N–H and O–H groups in total. The molecule has 0 radical (unpaired) electrons. The maximum Gasteiger partial charge on any atom is 0.0627 e. The van der Waals surface area contributed by atoms with Crippen LogP contribution in [0.5, 0.6) is 0 Å². The molecule has 3 atom stereocenters. The quantitative estimate of drug-likeness (QED) is 0.123. The molecule has 27 aromatic carbocycles. The van der Waals surface area contributed by atoms with E-state index in [0.29, 0.717) is 0 Å². The highest BCUT2D eigenvalue weighted by Gasteiger charge is 2.98. The zero-order chi connectivity index (χ0) is 59.5. The summed E-state index contributed by atoms with van der Waals surface area (Å²) in [6.45, 7) is 0. The highest BCUT2D eigenvalue weighted by atomic mass is 15.1. The van der Waals surface area contributed by atoms with E-state index in [0.717, 1.165) is 49.9 Å². The summed E-state index contributed by atoms with van der Waals surface area (Å²) in [7, 11) is 8.70. The molecule has 41 rings (SSSR count).